The van der Waals surface area contributed by atoms with Crippen molar-refractivity contribution in [1.29, 1.82) is 0 Å². The SMILES string of the molecule is CCCNC1C(Sc2cccc(Cl)c2)CCC1(C)C. The van der Waals surface area contributed by atoms with Gasteiger partial charge in [-0.3, -0.25) is 0 Å². The highest BCUT2D eigenvalue weighted by atomic mass is 35.5. The van der Waals surface area contributed by atoms with Gasteiger partial charge in [0.15, 0.2) is 0 Å². The monoisotopic (exact) mass is 297 g/mol. The highest BCUT2D eigenvalue weighted by Crippen LogP contribution is 2.45. The van der Waals surface area contributed by atoms with Crippen molar-refractivity contribution < 1.29 is 0 Å². The number of hydrogen-bond donors (Lipinski definition) is 1. The van der Waals surface area contributed by atoms with Crippen LogP contribution in [-0.4, -0.2) is 17.8 Å². The van der Waals surface area contributed by atoms with E-state index in [-0.39, 0.29) is 0 Å². The number of nitrogens with one attached hydrogen (secondary N) is 1. The number of benzene rings is 1. The maximum Gasteiger partial charge on any atom is 0.0417 e. The summed E-state index contributed by atoms with van der Waals surface area (Å²) in [6.07, 6.45) is 3.78. The van der Waals surface area contributed by atoms with E-state index >= 15 is 0 Å². The molecular weight excluding hydrogens is 274 g/mol. The van der Waals surface area contributed by atoms with Crippen molar-refractivity contribution in [3.8, 4) is 0 Å². The fourth-order valence-electron chi connectivity index (χ4n) is 2.89. The molecule has 1 fully saturated rings. The van der Waals surface area contributed by atoms with Gasteiger partial charge >= 0.3 is 0 Å². The first-order valence-electron chi connectivity index (χ1n) is 7.18. The molecule has 0 saturated heterocycles. The van der Waals surface area contributed by atoms with Crippen molar-refractivity contribution in [1.82, 2.24) is 5.32 Å². The normalized spacial score (nSPS) is 25.7. The van der Waals surface area contributed by atoms with Crippen molar-refractivity contribution >= 4 is 23.4 Å². The maximum atomic E-state index is 6.08. The molecule has 1 nitrogen and oxygen atoms in total. The molecule has 1 N–H and O–H groups in total. The van der Waals surface area contributed by atoms with E-state index in [1.807, 2.05) is 23.9 Å². The molecule has 3 heteroatoms. The topological polar surface area (TPSA) is 12.0 Å². The minimum Gasteiger partial charge on any atom is -0.312 e. The van der Waals surface area contributed by atoms with Gasteiger partial charge in [0.05, 0.1) is 0 Å². The van der Waals surface area contributed by atoms with Crippen molar-refractivity contribution in [3.63, 3.8) is 0 Å². The molecule has 0 radical (unpaired) electrons. The van der Waals surface area contributed by atoms with Crippen LogP contribution in [0.3, 0.4) is 0 Å². The van der Waals surface area contributed by atoms with Crippen molar-refractivity contribution in [2.45, 2.75) is 56.2 Å². The average molecular weight is 298 g/mol. The Balaban J connectivity index is 2.06. The maximum absolute atomic E-state index is 6.08. The Bertz CT molecular complexity index is 419. The van der Waals surface area contributed by atoms with E-state index in [0.29, 0.717) is 16.7 Å². The van der Waals surface area contributed by atoms with Crippen molar-refractivity contribution in [2.75, 3.05) is 6.54 Å². The molecule has 1 aliphatic carbocycles. The molecule has 1 aromatic rings. The zero-order chi connectivity index (χ0) is 13.9. The van der Waals surface area contributed by atoms with E-state index in [0.717, 1.165) is 11.6 Å². The van der Waals surface area contributed by atoms with Crippen LogP contribution in [0.1, 0.15) is 40.0 Å². The Labute approximate surface area is 126 Å². The number of halogens is 1. The summed E-state index contributed by atoms with van der Waals surface area (Å²) in [5.74, 6) is 0. The lowest BCUT2D eigenvalue weighted by molar-refractivity contribution is 0.287. The van der Waals surface area contributed by atoms with Gasteiger partial charge in [-0.1, -0.05) is 38.4 Å². The van der Waals surface area contributed by atoms with Crippen LogP contribution in [0.25, 0.3) is 0 Å². The molecule has 0 aliphatic heterocycles. The molecule has 1 aromatic carbocycles. The summed E-state index contributed by atoms with van der Waals surface area (Å²) in [4.78, 5) is 1.29. The van der Waals surface area contributed by atoms with Gasteiger partial charge in [-0.15, -0.1) is 11.8 Å². The molecule has 2 atom stereocenters. The first-order chi connectivity index (χ1) is 9.03. The largest absolute Gasteiger partial charge is 0.312 e. The van der Waals surface area contributed by atoms with Crippen LogP contribution < -0.4 is 5.32 Å². The van der Waals surface area contributed by atoms with E-state index in [1.54, 1.807) is 0 Å². The molecule has 1 saturated carbocycles. The molecule has 2 rings (SSSR count). The second-order valence-electron chi connectivity index (χ2n) is 6.07. The zero-order valence-corrected chi connectivity index (χ0v) is 13.7. The molecule has 0 amide bonds. The van der Waals surface area contributed by atoms with Crippen LogP contribution >= 0.6 is 23.4 Å². The molecule has 0 heterocycles. The van der Waals surface area contributed by atoms with Crippen molar-refractivity contribution in [2.24, 2.45) is 5.41 Å². The Morgan fingerprint density at radius 3 is 2.89 bits per heavy atom. The minimum absolute atomic E-state index is 0.394. The van der Waals surface area contributed by atoms with Gasteiger partial charge in [-0.05, 0) is 49.4 Å². The molecule has 0 aromatic heterocycles. The number of thioether (sulfide) groups is 1. The van der Waals surface area contributed by atoms with E-state index < -0.39 is 0 Å². The molecule has 0 spiro atoms. The van der Waals surface area contributed by atoms with Crippen LogP contribution in [0, 0.1) is 5.41 Å². The molecule has 19 heavy (non-hydrogen) atoms. The van der Waals surface area contributed by atoms with Gasteiger partial charge in [-0.25, -0.2) is 0 Å². The fourth-order valence-corrected chi connectivity index (χ4v) is 4.68. The molecule has 1 aliphatic rings. The average Bonchev–Trinajstić information content (AvgIpc) is 2.62. The fraction of sp³-hybridized carbons (Fsp3) is 0.625. The van der Waals surface area contributed by atoms with Crippen LogP contribution in [0.2, 0.25) is 5.02 Å². The second-order valence-corrected chi connectivity index (χ2v) is 7.82. The summed E-state index contributed by atoms with van der Waals surface area (Å²) < 4.78 is 0. The lowest BCUT2D eigenvalue weighted by Gasteiger charge is -2.31. The molecular formula is C16H24ClNS. The molecule has 2 unspecified atom stereocenters. The molecule has 0 bridgehead atoms. The predicted molar refractivity (Wildman–Crippen MR) is 86.2 cm³/mol. The van der Waals surface area contributed by atoms with E-state index in [9.17, 15) is 0 Å². The second kappa shape index (κ2) is 6.51. The van der Waals surface area contributed by atoms with E-state index in [1.165, 1.54) is 24.2 Å². The van der Waals surface area contributed by atoms with Crippen molar-refractivity contribution in [3.05, 3.63) is 29.3 Å². The third kappa shape index (κ3) is 3.90. The van der Waals surface area contributed by atoms with Gasteiger partial charge in [-0.2, -0.15) is 0 Å². The lowest BCUT2D eigenvalue weighted by atomic mass is 9.87. The standard InChI is InChI=1S/C16H24ClNS/c1-4-10-18-15-14(8-9-16(15,2)3)19-13-7-5-6-12(17)11-13/h5-7,11,14-15,18H,4,8-10H2,1-3H3. The first kappa shape index (κ1) is 15.2. The smallest absolute Gasteiger partial charge is 0.0417 e. The van der Waals surface area contributed by atoms with Gasteiger partial charge in [0.1, 0.15) is 0 Å². The van der Waals surface area contributed by atoms with Crippen LogP contribution in [0.4, 0.5) is 0 Å². The molecule has 106 valence electrons. The number of rotatable bonds is 5. The highest BCUT2D eigenvalue weighted by Gasteiger charge is 2.41. The zero-order valence-electron chi connectivity index (χ0n) is 12.1. The Hall–Kier alpha value is -0.180. The predicted octanol–water partition coefficient (Wildman–Crippen LogP) is 4.99. The van der Waals surface area contributed by atoms with Gasteiger partial charge < -0.3 is 5.32 Å². The first-order valence-corrected chi connectivity index (χ1v) is 8.44. The summed E-state index contributed by atoms with van der Waals surface area (Å²) in [5, 5.41) is 5.24. The third-order valence-corrected chi connectivity index (χ3v) is 5.56. The lowest BCUT2D eigenvalue weighted by Crippen LogP contribution is -2.43. The quantitative estimate of drug-likeness (QED) is 0.822. The van der Waals surface area contributed by atoms with Crippen LogP contribution in [0.15, 0.2) is 29.2 Å². The van der Waals surface area contributed by atoms with Crippen LogP contribution in [-0.2, 0) is 0 Å². The third-order valence-electron chi connectivity index (χ3n) is 3.98. The summed E-state index contributed by atoms with van der Waals surface area (Å²) in [7, 11) is 0. The highest BCUT2D eigenvalue weighted by molar-refractivity contribution is 8.00. The van der Waals surface area contributed by atoms with Gasteiger partial charge in [0, 0.05) is 21.2 Å². The van der Waals surface area contributed by atoms with E-state index in [2.05, 4.69) is 38.2 Å². The number of hydrogen-bond acceptors (Lipinski definition) is 2. The summed E-state index contributed by atoms with van der Waals surface area (Å²) >= 11 is 8.06. The van der Waals surface area contributed by atoms with Gasteiger partial charge in [0.25, 0.3) is 0 Å². The Morgan fingerprint density at radius 1 is 1.42 bits per heavy atom. The Kier molecular flexibility index (Phi) is 5.22. The summed E-state index contributed by atoms with van der Waals surface area (Å²) in [6, 6.07) is 8.82. The van der Waals surface area contributed by atoms with E-state index in [4.69, 9.17) is 11.6 Å². The minimum atomic E-state index is 0.394. The van der Waals surface area contributed by atoms with Crippen LogP contribution in [0.5, 0.6) is 0 Å². The summed E-state index contributed by atoms with van der Waals surface area (Å²) in [6.45, 7) is 8.12. The summed E-state index contributed by atoms with van der Waals surface area (Å²) in [5.41, 5.74) is 0.394. The Morgan fingerprint density at radius 2 is 2.21 bits per heavy atom. The van der Waals surface area contributed by atoms with Gasteiger partial charge in [0.2, 0.25) is 0 Å².